The summed E-state index contributed by atoms with van der Waals surface area (Å²) in [6.07, 6.45) is -0.445. The number of carbonyl (C=O) groups excluding carboxylic acids is 3. The van der Waals surface area contributed by atoms with E-state index in [0.29, 0.717) is 15.6 Å². The number of carbonyl (C=O) groups is 4. The van der Waals surface area contributed by atoms with Crippen LogP contribution in [0.1, 0.15) is 33.6 Å². The lowest BCUT2D eigenvalue weighted by atomic mass is 10.0. The number of anilines is 2. The summed E-state index contributed by atoms with van der Waals surface area (Å²) >= 11 is 11.4. The van der Waals surface area contributed by atoms with E-state index in [-0.39, 0.29) is 35.6 Å². The summed E-state index contributed by atoms with van der Waals surface area (Å²) in [5, 5.41) is 9.42. The number of benzene rings is 2. The lowest BCUT2D eigenvalue weighted by Gasteiger charge is -2.09. The predicted octanol–water partition coefficient (Wildman–Crippen LogP) is 1.90. The van der Waals surface area contributed by atoms with Crippen molar-refractivity contribution in [3.8, 4) is 0 Å². The number of nitrogens with two attached hydrogens (primary N) is 4. The van der Waals surface area contributed by atoms with Crippen molar-refractivity contribution in [1.82, 2.24) is 0 Å². The lowest BCUT2D eigenvalue weighted by molar-refractivity contribution is -0.142. The van der Waals surface area contributed by atoms with Crippen LogP contribution in [0.3, 0.4) is 0 Å². The van der Waals surface area contributed by atoms with Gasteiger partial charge in [-0.2, -0.15) is 0 Å². The molecule has 0 aliphatic rings. The second-order valence-electron chi connectivity index (χ2n) is 6.79. The van der Waals surface area contributed by atoms with Crippen molar-refractivity contribution in [2.75, 3.05) is 18.6 Å². The Kier molecular flexibility index (Phi) is 10.8. The molecule has 0 saturated carbocycles. The lowest BCUT2D eigenvalue weighted by Crippen LogP contribution is -2.34. The number of carboxylic acid groups (broad SMARTS) is 1. The molecule has 12 heteroatoms. The minimum absolute atomic E-state index is 0.154. The zero-order chi connectivity index (χ0) is 25.3. The fraction of sp³-hybridized carbons (Fsp3) is 0.238. The van der Waals surface area contributed by atoms with Gasteiger partial charge >= 0.3 is 11.9 Å². The normalized spacial score (nSPS) is 12.0. The number of esters is 1. The Bertz CT molecular complexity index is 1050. The van der Waals surface area contributed by atoms with Crippen LogP contribution in [-0.4, -0.2) is 47.8 Å². The smallest absolute Gasteiger partial charge is 0.323 e. The topological polar surface area (TPSA) is 202 Å². The van der Waals surface area contributed by atoms with Crippen LogP contribution in [0.15, 0.2) is 36.4 Å². The fourth-order valence-corrected chi connectivity index (χ4v) is 2.88. The molecule has 2 rings (SSSR count). The Morgan fingerprint density at radius 2 is 1.24 bits per heavy atom. The number of methoxy groups -OCH3 is 1. The van der Waals surface area contributed by atoms with Crippen molar-refractivity contribution in [1.29, 1.82) is 0 Å². The molecule has 10 nitrogen and oxygen atoms in total. The Hall–Kier alpha value is -3.18. The average Bonchev–Trinajstić information content (AvgIpc) is 2.73. The number of Topliss-reactive ketones (excluding diaryl/α,β-unsaturated/α-hetero) is 2. The summed E-state index contributed by atoms with van der Waals surface area (Å²) in [5.74, 6) is -2.59. The van der Waals surface area contributed by atoms with E-state index in [1.54, 1.807) is 6.07 Å². The van der Waals surface area contributed by atoms with Crippen molar-refractivity contribution < 1.29 is 29.0 Å². The van der Waals surface area contributed by atoms with Gasteiger partial charge in [0.2, 0.25) is 0 Å². The first-order valence-corrected chi connectivity index (χ1v) is 10.1. The number of hydrogen-bond donors (Lipinski definition) is 5. The summed E-state index contributed by atoms with van der Waals surface area (Å²) in [6.45, 7) is 0. The summed E-state index contributed by atoms with van der Waals surface area (Å²) in [4.78, 5) is 45.0. The third-order valence-electron chi connectivity index (χ3n) is 4.26. The third-order valence-corrected chi connectivity index (χ3v) is 4.73. The van der Waals surface area contributed by atoms with Crippen LogP contribution < -0.4 is 22.9 Å². The first kappa shape index (κ1) is 27.9. The van der Waals surface area contributed by atoms with Crippen LogP contribution in [0, 0.1) is 0 Å². The van der Waals surface area contributed by atoms with E-state index in [0.717, 1.165) is 0 Å². The molecule has 0 fully saturated rings. The number of aliphatic carboxylic acids is 1. The summed E-state index contributed by atoms with van der Waals surface area (Å²) in [7, 11) is 1.21. The molecular weight excluding hydrogens is 475 g/mol. The molecule has 0 aromatic heterocycles. The highest BCUT2D eigenvalue weighted by Crippen LogP contribution is 2.20. The van der Waals surface area contributed by atoms with E-state index in [1.165, 1.54) is 37.4 Å². The second-order valence-corrected chi connectivity index (χ2v) is 7.67. The van der Waals surface area contributed by atoms with Crippen LogP contribution in [0.25, 0.3) is 0 Å². The van der Waals surface area contributed by atoms with Gasteiger partial charge in [0.15, 0.2) is 11.6 Å². The predicted molar refractivity (Wildman–Crippen MR) is 125 cm³/mol. The van der Waals surface area contributed by atoms with Gasteiger partial charge in [-0.15, -0.1) is 0 Å². The molecular formula is C21H24Cl2N4O6. The molecule has 0 aliphatic carbocycles. The maximum Gasteiger partial charge on any atom is 0.323 e. The van der Waals surface area contributed by atoms with Gasteiger partial charge in [-0.1, -0.05) is 23.2 Å². The zero-order valence-electron chi connectivity index (χ0n) is 17.6. The molecule has 0 saturated heterocycles. The fourth-order valence-electron chi connectivity index (χ4n) is 2.52. The molecule has 2 atom stereocenters. The highest BCUT2D eigenvalue weighted by atomic mass is 35.5. The number of ether oxygens (including phenoxy) is 1. The average molecular weight is 499 g/mol. The number of ketones is 2. The molecule has 0 amide bonds. The van der Waals surface area contributed by atoms with Gasteiger partial charge in [0.05, 0.1) is 7.11 Å². The van der Waals surface area contributed by atoms with Gasteiger partial charge in [-0.05, 0) is 36.4 Å². The molecule has 0 radical (unpaired) electrons. The largest absolute Gasteiger partial charge is 0.480 e. The Labute approximate surface area is 199 Å². The maximum atomic E-state index is 11.8. The second kappa shape index (κ2) is 12.8. The van der Waals surface area contributed by atoms with Gasteiger partial charge < -0.3 is 32.8 Å². The minimum atomic E-state index is -1.22. The van der Waals surface area contributed by atoms with Crippen LogP contribution in [0.2, 0.25) is 10.0 Å². The van der Waals surface area contributed by atoms with Gasteiger partial charge in [-0.3, -0.25) is 19.2 Å². The van der Waals surface area contributed by atoms with Crippen molar-refractivity contribution in [2.45, 2.75) is 24.9 Å². The SMILES string of the molecule is COC(=O)[C@@H](N)CC(=O)c1ccc(Cl)cc1N.Nc1cc(Cl)ccc1C(=O)C[C@H](N)C(=O)O. The summed E-state index contributed by atoms with van der Waals surface area (Å²) < 4.78 is 4.43. The van der Waals surface area contributed by atoms with Crippen molar-refractivity contribution in [3.63, 3.8) is 0 Å². The van der Waals surface area contributed by atoms with E-state index in [4.69, 9.17) is 51.2 Å². The summed E-state index contributed by atoms with van der Waals surface area (Å²) in [6, 6.07) is 6.72. The first-order valence-electron chi connectivity index (χ1n) is 9.35. The Morgan fingerprint density at radius 3 is 1.58 bits per heavy atom. The van der Waals surface area contributed by atoms with Crippen LogP contribution >= 0.6 is 23.2 Å². The van der Waals surface area contributed by atoms with Crippen LogP contribution in [0.5, 0.6) is 0 Å². The Balaban J connectivity index is 0.000000331. The molecule has 0 aliphatic heterocycles. The standard InChI is InChI=1S/C11H13ClN2O3.C10H11ClN2O3/c1-17-11(16)9(14)5-10(15)7-3-2-6(12)4-8(7)13;11-5-1-2-6(7(12)3-5)9(14)4-8(13)10(15)16/h2-4,9H,5,13-14H2,1H3;1-3,8H,4,12-13H2,(H,15,16)/t9-;8-/m00/s1. The van der Waals surface area contributed by atoms with Gasteiger partial charge in [0.1, 0.15) is 12.1 Å². The van der Waals surface area contributed by atoms with Crippen LogP contribution in [-0.2, 0) is 14.3 Å². The first-order chi connectivity index (χ1) is 15.4. The molecule has 0 unspecified atom stereocenters. The summed E-state index contributed by atoms with van der Waals surface area (Å²) in [5.41, 5.74) is 23.0. The molecule has 2 aromatic rings. The number of nitrogen functional groups attached to an aromatic ring is 2. The third kappa shape index (κ3) is 8.70. The highest BCUT2D eigenvalue weighted by Gasteiger charge is 2.20. The van der Waals surface area contributed by atoms with E-state index in [2.05, 4.69) is 4.74 Å². The van der Waals surface area contributed by atoms with E-state index < -0.39 is 29.8 Å². The maximum absolute atomic E-state index is 11.8. The van der Waals surface area contributed by atoms with Crippen LogP contribution in [0.4, 0.5) is 11.4 Å². The van der Waals surface area contributed by atoms with E-state index >= 15 is 0 Å². The highest BCUT2D eigenvalue weighted by molar-refractivity contribution is 6.31. The minimum Gasteiger partial charge on any atom is -0.480 e. The van der Waals surface area contributed by atoms with Gasteiger partial charge in [0.25, 0.3) is 0 Å². The molecule has 33 heavy (non-hydrogen) atoms. The van der Waals surface area contributed by atoms with E-state index in [1.807, 2.05) is 0 Å². The quantitative estimate of drug-likeness (QED) is 0.203. The molecule has 0 heterocycles. The molecule has 0 bridgehead atoms. The van der Waals surface area contributed by atoms with Crippen molar-refractivity contribution in [3.05, 3.63) is 57.6 Å². The van der Waals surface area contributed by atoms with Crippen molar-refractivity contribution >= 4 is 58.1 Å². The molecule has 9 N–H and O–H groups in total. The van der Waals surface area contributed by atoms with E-state index in [9.17, 15) is 19.2 Å². The number of rotatable bonds is 8. The zero-order valence-corrected chi connectivity index (χ0v) is 19.1. The Morgan fingerprint density at radius 1 is 0.848 bits per heavy atom. The number of carboxylic acids is 1. The van der Waals surface area contributed by atoms with Gasteiger partial charge in [-0.25, -0.2) is 0 Å². The number of halogens is 2. The van der Waals surface area contributed by atoms with Crippen molar-refractivity contribution in [2.24, 2.45) is 11.5 Å². The molecule has 178 valence electrons. The molecule has 2 aromatic carbocycles. The number of hydrogen-bond acceptors (Lipinski definition) is 9. The monoisotopic (exact) mass is 498 g/mol. The van der Waals surface area contributed by atoms with Gasteiger partial charge in [0, 0.05) is 45.4 Å². The molecule has 0 spiro atoms.